The van der Waals surface area contributed by atoms with Crippen LogP contribution in [-0.2, 0) is 0 Å². The molecule has 0 bridgehead atoms. The molecule has 0 fully saturated rings. The Hall–Kier alpha value is -3.44. The number of aryl methyl sites for hydroxylation is 1. The molecule has 0 aliphatic carbocycles. The highest BCUT2D eigenvalue weighted by molar-refractivity contribution is 7.22. The van der Waals surface area contributed by atoms with Gasteiger partial charge in [-0.3, -0.25) is 9.59 Å². The minimum Gasteiger partial charge on any atom is -0.497 e. The standard InChI is InChI=1S/C24H19NO3S/c1-15-7-9-17(10-8-15)23(27)25-24-21(16-11-13-18(28-2)14-12-16)22(26)19-5-3-4-6-20(19)29-24/h3-14H,1-2H3,(H,25,27). The van der Waals surface area contributed by atoms with E-state index in [0.717, 1.165) is 15.8 Å². The van der Waals surface area contributed by atoms with Gasteiger partial charge in [0.1, 0.15) is 10.8 Å². The number of amides is 1. The third-order valence-electron chi connectivity index (χ3n) is 4.72. The molecule has 0 aliphatic rings. The molecule has 1 N–H and O–H groups in total. The van der Waals surface area contributed by atoms with Crippen LogP contribution < -0.4 is 15.5 Å². The van der Waals surface area contributed by atoms with Gasteiger partial charge in [-0.05, 0) is 48.9 Å². The van der Waals surface area contributed by atoms with Gasteiger partial charge < -0.3 is 10.1 Å². The first-order valence-electron chi connectivity index (χ1n) is 9.15. The van der Waals surface area contributed by atoms with Crippen molar-refractivity contribution >= 4 is 32.3 Å². The molecule has 0 saturated heterocycles. The van der Waals surface area contributed by atoms with E-state index in [1.165, 1.54) is 11.3 Å². The third kappa shape index (κ3) is 3.77. The van der Waals surface area contributed by atoms with Gasteiger partial charge >= 0.3 is 0 Å². The number of hydrogen-bond donors (Lipinski definition) is 1. The van der Waals surface area contributed by atoms with Crippen LogP contribution in [0.1, 0.15) is 15.9 Å². The van der Waals surface area contributed by atoms with Crippen molar-refractivity contribution in [2.24, 2.45) is 0 Å². The minimum absolute atomic E-state index is 0.108. The number of hydrogen-bond acceptors (Lipinski definition) is 4. The summed E-state index contributed by atoms with van der Waals surface area (Å²) in [5.74, 6) is 0.460. The monoisotopic (exact) mass is 401 g/mol. The molecule has 0 saturated carbocycles. The summed E-state index contributed by atoms with van der Waals surface area (Å²) in [5.41, 5.74) is 2.73. The minimum atomic E-state index is -0.245. The van der Waals surface area contributed by atoms with Gasteiger partial charge in [-0.2, -0.15) is 0 Å². The Morgan fingerprint density at radius 2 is 1.62 bits per heavy atom. The van der Waals surface area contributed by atoms with E-state index in [9.17, 15) is 9.59 Å². The van der Waals surface area contributed by atoms with Crippen molar-refractivity contribution in [2.45, 2.75) is 6.92 Å². The number of rotatable bonds is 4. The summed E-state index contributed by atoms with van der Waals surface area (Å²) in [6.07, 6.45) is 0. The van der Waals surface area contributed by atoms with Gasteiger partial charge in [0.15, 0.2) is 5.43 Å². The molecular weight excluding hydrogens is 382 g/mol. The summed E-state index contributed by atoms with van der Waals surface area (Å²) in [4.78, 5) is 26.1. The largest absolute Gasteiger partial charge is 0.497 e. The molecule has 144 valence electrons. The Morgan fingerprint density at radius 1 is 0.931 bits per heavy atom. The van der Waals surface area contributed by atoms with Crippen LogP contribution in [0.15, 0.2) is 77.6 Å². The van der Waals surface area contributed by atoms with E-state index in [2.05, 4.69) is 5.32 Å². The van der Waals surface area contributed by atoms with Gasteiger partial charge in [-0.25, -0.2) is 0 Å². The van der Waals surface area contributed by atoms with Gasteiger partial charge in [0.25, 0.3) is 5.91 Å². The maximum absolute atomic E-state index is 13.3. The molecule has 4 aromatic rings. The van der Waals surface area contributed by atoms with E-state index in [0.29, 0.717) is 27.3 Å². The van der Waals surface area contributed by atoms with Crippen LogP contribution in [0.2, 0.25) is 0 Å². The lowest BCUT2D eigenvalue weighted by Gasteiger charge is -2.12. The van der Waals surface area contributed by atoms with Crippen molar-refractivity contribution in [3.8, 4) is 16.9 Å². The first kappa shape index (κ1) is 18.9. The molecule has 3 aromatic carbocycles. The lowest BCUT2D eigenvalue weighted by molar-refractivity contribution is 0.102. The van der Waals surface area contributed by atoms with E-state index in [4.69, 9.17) is 4.74 Å². The quantitative estimate of drug-likeness (QED) is 0.491. The number of ether oxygens (including phenoxy) is 1. The summed E-state index contributed by atoms with van der Waals surface area (Å²) in [5, 5.41) is 4.12. The fourth-order valence-corrected chi connectivity index (χ4v) is 4.22. The van der Waals surface area contributed by atoms with Gasteiger partial charge in [-0.15, -0.1) is 11.3 Å². The highest BCUT2D eigenvalue weighted by Crippen LogP contribution is 2.34. The molecule has 5 heteroatoms. The molecule has 0 spiro atoms. The van der Waals surface area contributed by atoms with Crippen LogP contribution in [0.3, 0.4) is 0 Å². The summed E-state index contributed by atoms with van der Waals surface area (Å²) < 4.78 is 6.05. The second-order valence-electron chi connectivity index (χ2n) is 6.68. The van der Waals surface area contributed by atoms with Crippen LogP contribution in [0.25, 0.3) is 21.2 Å². The van der Waals surface area contributed by atoms with Crippen molar-refractivity contribution < 1.29 is 9.53 Å². The SMILES string of the molecule is COc1ccc(-c2c(NC(=O)c3ccc(C)cc3)sc3ccccc3c2=O)cc1. The van der Waals surface area contributed by atoms with Crippen molar-refractivity contribution in [2.75, 3.05) is 12.4 Å². The highest BCUT2D eigenvalue weighted by Gasteiger charge is 2.17. The van der Waals surface area contributed by atoms with Crippen molar-refractivity contribution in [3.63, 3.8) is 0 Å². The zero-order valence-electron chi connectivity index (χ0n) is 16.1. The lowest BCUT2D eigenvalue weighted by Crippen LogP contribution is -2.15. The molecule has 29 heavy (non-hydrogen) atoms. The van der Waals surface area contributed by atoms with Gasteiger partial charge in [-0.1, -0.05) is 42.0 Å². The lowest BCUT2D eigenvalue weighted by atomic mass is 10.1. The fraction of sp³-hybridized carbons (Fsp3) is 0.0833. The predicted octanol–water partition coefficient (Wildman–Crippen LogP) is 5.50. The molecule has 0 atom stereocenters. The topological polar surface area (TPSA) is 55.4 Å². The highest BCUT2D eigenvalue weighted by atomic mass is 32.1. The van der Waals surface area contributed by atoms with E-state index < -0.39 is 0 Å². The molecule has 4 rings (SSSR count). The Balaban J connectivity index is 1.85. The molecule has 1 aromatic heterocycles. The maximum Gasteiger partial charge on any atom is 0.256 e. The number of benzene rings is 3. The zero-order valence-corrected chi connectivity index (χ0v) is 16.9. The Kier molecular flexibility index (Phi) is 5.14. The predicted molar refractivity (Wildman–Crippen MR) is 119 cm³/mol. The second-order valence-corrected chi connectivity index (χ2v) is 7.73. The molecule has 0 radical (unpaired) electrons. The summed E-state index contributed by atoms with van der Waals surface area (Å²) >= 11 is 1.40. The Morgan fingerprint density at radius 3 is 2.31 bits per heavy atom. The van der Waals surface area contributed by atoms with E-state index >= 15 is 0 Å². The van der Waals surface area contributed by atoms with Crippen LogP contribution in [0.4, 0.5) is 5.00 Å². The number of anilines is 1. The number of nitrogens with one attached hydrogen (secondary N) is 1. The Bertz CT molecular complexity index is 1240. The van der Waals surface area contributed by atoms with Gasteiger partial charge in [0, 0.05) is 15.6 Å². The van der Waals surface area contributed by atoms with Crippen molar-refractivity contribution in [3.05, 3.63) is 94.1 Å². The van der Waals surface area contributed by atoms with Crippen molar-refractivity contribution in [1.82, 2.24) is 0 Å². The summed E-state index contributed by atoms with van der Waals surface area (Å²) in [6.45, 7) is 1.97. The molecule has 1 amide bonds. The number of methoxy groups -OCH3 is 1. The maximum atomic E-state index is 13.3. The zero-order chi connectivity index (χ0) is 20.4. The van der Waals surface area contributed by atoms with Crippen molar-refractivity contribution in [1.29, 1.82) is 0 Å². The average molecular weight is 401 g/mol. The van der Waals surface area contributed by atoms with Crippen LogP contribution in [0, 0.1) is 6.92 Å². The third-order valence-corrected chi connectivity index (χ3v) is 5.80. The van der Waals surface area contributed by atoms with Gasteiger partial charge in [0.05, 0.1) is 12.7 Å². The smallest absolute Gasteiger partial charge is 0.256 e. The number of carbonyl (C=O) groups is 1. The molecular formula is C24H19NO3S. The summed E-state index contributed by atoms with van der Waals surface area (Å²) in [6, 6.07) is 22.0. The van der Waals surface area contributed by atoms with E-state index in [-0.39, 0.29) is 11.3 Å². The Labute approximate surface area is 172 Å². The van der Waals surface area contributed by atoms with E-state index in [1.54, 1.807) is 31.4 Å². The molecule has 0 unspecified atom stereocenters. The molecule has 1 heterocycles. The van der Waals surface area contributed by atoms with E-state index in [1.807, 2.05) is 55.5 Å². The fourth-order valence-electron chi connectivity index (χ4n) is 3.13. The summed E-state index contributed by atoms with van der Waals surface area (Å²) in [7, 11) is 1.60. The first-order chi connectivity index (χ1) is 14.1. The van der Waals surface area contributed by atoms with Crippen LogP contribution >= 0.6 is 11.3 Å². The van der Waals surface area contributed by atoms with Gasteiger partial charge in [0.2, 0.25) is 0 Å². The van der Waals surface area contributed by atoms with Crippen LogP contribution in [0.5, 0.6) is 5.75 Å². The molecule has 4 nitrogen and oxygen atoms in total. The molecule has 0 aliphatic heterocycles. The number of carbonyl (C=O) groups excluding carboxylic acids is 1. The number of fused-ring (bicyclic) bond motifs is 1. The second kappa shape index (κ2) is 7.89. The first-order valence-corrected chi connectivity index (χ1v) is 9.97. The van der Waals surface area contributed by atoms with Crippen LogP contribution in [-0.4, -0.2) is 13.0 Å². The normalized spacial score (nSPS) is 10.7. The average Bonchev–Trinajstić information content (AvgIpc) is 2.74.